The fourth-order valence-electron chi connectivity index (χ4n) is 3.22. The van der Waals surface area contributed by atoms with Crippen LogP contribution in [0, 0.1) is 0 Å². The third-order valence-corrected chi connectivity index (χ3v) is 4.88. The molecule has 0 aliphatic rings. The van der Waals surface area contributed by atoms with Crippen molar-refractivity contribution in [3.63, 3.8) is 0 Å². The molecule has 1 aromatic heterocycles. The lowest BCUT2D eigenvalue weighted by Gasteiger charge is -2.21. The van der Waals surface area contributed by atoms with Gasteiger partial charge >= 0.3 is 6.18 Å². The SMILES string of the molecule is CCOc1cccc(CN(CCO)C(=O)c2nn(-c3ccc(Cl)cc3C(F)(F)F)cc2O)c1. The van der Waals surface area contributed by atoms with E-state index < -0.39 is 34.8 Å². The van der Waals surface area contributed by atoms with Gasteiger partial charge in [-0.05, 0) is 42.8 Å². The van der Waals surface area contributed by atoms with Crippen LogP contribution in [0.25, 0.3) is 5.69 Å². The largest absolute Gasteiger partial charge is 0.504 e. The minimum Gasteiger partial charge on any atom is -0.504 e. The molecule has 1 heterocycles. The van der Waals surface area contributed by atoms with E-state index in [0.29, 0.717) is 17.9 Å². The fourth-order valence-corrected chi connectivity index (χ4v) is 3.39. The van der Waals surface area contributed by atoms with Crippen molar-refractivity contribution in [1.29, 1.82) is 0 Å². The first-order chi connectivity index (χ1) is 15.6. The number of nitrogens with zero attached hydrogens (tertiary/aromatic N) is 3. The Labute approximate surface area is 192 Å². The molecule has 1 amide bonds. The number of amides is 1. The maximum absolute atomic E-state index is 13.5. The Morgan fingerprint density at radius 1 is 1.24 bits per heavy atom. The normalized spacial score (nSPS) is 11.5. The molecule has 11 heteroatoms. The van der Waals surface area contributed by atoms with Crippen LogP contribution < -0.4 is 4.74 Å². The minimum absolute atomic E-state index is 0.0569. The second-order valence-corrected chi connectivity index (χ2v) is 7.43. The Bertz CT molecular complexity index is 1130. The highest BCUT2D eigenvalue weighted by atomic mass is 35.5. The van der Waals surface area contributed by atoms with E-state index in [2.05, 4.69) is 5.10 Å². The second kappa shape index (κ2) is 10.1. The van der Waals surface area contributed by atoms with Gasteiger partial charge in [0.15, 0.2) is 11.4 Å². The lowest BCUT2D eigenvalue weighted by atomic mass is 10.1. The van der Waals surface area contributed by atoms with Crippen molar-refractivity contribution in [2.45, 2.75) is 19.6 Å². The molecule has 0 bridgehead atoms. The zero-order valence-corrected chi connectivity index (χ0v) is 18.3. The number of benzene rings is 2. The predicted molar refractivity (Wildman–Crippen MR) is 115 cm³/mol. The molecule has 0 atom stereocenters. The van der Waals surface area contributed by atoms with Crippen LogP contribution in [-0.2, 0) is 12.7 Å². The van der Waals surface area contributed by atoms with Gasteiger partial charge in [-0.15, -0.1) is 0 Å². The van der Waals surface area contributed by atoms with E-state index in [9.17, 15) is 28.2 Å². The number of hydrogen-bond acceptors (Lipinski definition) is 5. The zero-order valence-electron chi connectivity index (χ0n) is 17.5. The van der Waals surface area contributed by atoms with Crippen molar-refractivity contribution < 1.29 is 32.9 Å². The van der Waals surface area contributed by atoms with Gasteiger partial charge in [0.05, 0.1) is 30.7 Å². The number of ether oxygens (including phenoxy) is 1. The molecule has 33 heavy (non-hydrogen) atoms. The molecule has 2 N–H and O–H groups in total. The van der Waals surface area contributed by atoms with E-state index >= 15 is 0 Å². The Kier molecular flexibility index (Phi) is 7.50. The average molecular weight is 484 g/mol. The lowest BCUT2D eigenvalue weighted by molar-refractivity contribution is -0.137. The van der Waals surface area contributed by atoms with Gasteiger partial charge < -0.3 is 19.8 Å². The molecule has 3 aromatic rings. The van der Waals surface area contributed by atoms with Gasteiger partial charge in [-0.2, -0.15) is 18.3 Å². The van der Waals surface area contributed by atoms with Crippen LogP contribution in [0.3, 0.4) is 0 Å². The molecule has 2 aromatic carbocycles. The summed E-state index contributed by atoms with van der Waals surface area (Å²) in [5.41, 5.74) is -1.23. The Morgan fingerprint density at radius 2 is 2.00 bits per heavy atom. The summed E-state index contributed by atoms with van der Waals surface area (Å²) < 4.78 is 46.6. The minimum atomic E-state index is -4.74. The molecule has 0 spiro atoms. The number of aliphatic hydroxyl groups is 1. The van der Waals surface area contributed by atoms with E-state index in [1.807, 2.05) is 6.92 Å². The number of carbonyl (C=O) groups is 1. The molecule has 176 valence electrons. The summed E-state index contributed by atoms with van der Waals surface area (Å²) >= 11 is 5.71. The number of hydrogen-bond donors (Lipinski definition) is 2. The van der Waals surface area contributed by atoms with Crippen LogP contribution in [0.2, 0.25) is 5.02 Å². The van der Waals surface area contributed by atoms with Crippen LogP contribution in [-0.4, -0.2) is 50.6 Å². The highest BCUT2D eigenvalue weighted by Gasteiger charge is 2.35. The summed E-state index contributed by atoms with van der Waals surface area (Å²) in [5.74, 6) is -0.764. The van der Waals surface area contributed by atoms with Gasteiger partial charge in [0, 0.05) is 18.1 Å². The van der Waals surface area contributed by atoms with E-state index in [4.69, 9.17) is 16.3 Å². The fraction of sp³-hybridized carbons (Fsp3) is 0.273. The molecular formula is C22H21ClF3N3O4. The zero-order chi connectivity index (χ0) is 24.2. The van der Waals surface area contributed by atoms with Crippen LogP contribution >= 0.6 is 11.6 Å². The van der Waals surface area contributed by atoms with Gasteiger partial charge in [0.25, 0.3) is 5.91 Å². The first kappa shape index (κ1) is 24.4. The number of aromatic nitrogens is 2. The van der Waals surface area contributed by atoms with Crippen molar-refractivity contribution in [1.82, 2.24) is 14.7 Å². The van der Waals surface area contributed by atoms with Crippen LogP contribution in [0.4, 0.5) is 13.2 Å². The standard InChI is InChI=1S/C22H21ClF3N3O4/c1-2-33-16-5-3-4-14(10-16)12-28(8-9-30)21(32)20-19(31)13-29(27-20)18-7-6-15(23)11-17(18)22(24,25)26/h3-7,10-11,13,30-31H,2,8-9,12H2,1H3. The van der Waals surface area contributed by atoms with E-state index in [1.54, 1.807) is 24.3 Å². The summed E-state index contributed by atoms with van der Waals surface area (Å²) in [6.07, 6.45) is -3.82. The molecule has 7 nitrogen and oxygen atoms in total. The van der Waals surface area contributed by atoms with Crippen molar-refractivity contribution in [3.8, 4) is 17.2 Å². The van der Waals surface area contributed by atoms with Crippen molar-refractivity contribution >= 4 is 17.5 Å². The van der Waals surface area contributed by atoms with Crippen LogP contribution in [0.15, 0.2) is 48.7 Å². The Hall–Kier alpha value is -3.24. The highest BCUT2D eigenvalue weighted by molar-refractivity contribution is 6.30. The highest BCUT2D eigenvalue weighted by Crippen LogP contribution is 2.36. The summed E-state index contributed by atoms with van der Waals surface area (Å²) in [6, 6.07) is 10.0. The predicted octanol–water partition coefficient (Wildman–Crippen LogP) is 4.28. The summed E-state index contributed by atoms with van der Waals surface area (Å²) in [7, 11) is 0. The van der Waals surface area contributed by atoms with Crippen molar-refractivity contribution in [3.05, 3.63) is 70.5 Å². The third kappa shape index (κ3) is 5.77. The number of alkyl halides is 3. The lowest BCUT2D eigenvalue weighted by Crippen LogP contribution is -2.33. The van der Waals surface area contributed by atoms with E-state index in [1.165, 1.54) is 11.0 Å². The van der Waals surface area contributed by atoms with Crippen LogP contribution in [0.5, 0.6) is 11.5 Å². The third-order valence-electron chi connectivity index (χ3n) is 4.65. The summed E-state index contributed by atoms with van der Waals surface area (Å²) in [5, 5.41) is 23.5. The second-order valence-electron chi connectivity index (χ2n) is 7.00. The van der Waals surface area contributed by atoms with Gasteiger partial charge in [-0.3, -0.25) is 4.79 Å². The van der Waals surface area contributed by atoms with Crippen molar-refractivity contribution in [2.24, 2.45) is 0 Å². The van der Waals surface area contributed by atoms with Gasteiger partial charge in [-0.25, -0.2) is 4.68 Å². The quantitative estimate of drug-likeness (QED) is 0.499. The molecule has 0 saturated heterocycles. The molecule has 0 fully saturated rings. The molecule has 0 saturated carbocycles. The number of aliphatic hydroxyl groups excluding tert-OH is 1. The topological polar surface area (TPSA) is 87.8 Å². The first-order valence-electron chi connectivity index (χ1n) is 9.91. The Morgan fingerprint density at radius 3 is 2.67 bits per heavy atom. The molecular weight excluding hydrogens is 463 g/mol. The average Bonchev–Trinajstić information content (AvgIpc) is 3.14. The molecule has 3 rings (SSSR count). The number of aromatic hydroxyl groups is 1. The molecule has 0 aliphatic heterocycles. The number of carbonyl (C=O) groups excluding carboxylic acids is 1. The maximum atomic E-state index is 13.5. The summed E-state index contributed by atoms with van der Waals surface area (Å²) in [6.45, 7) is 1.89. The van der Waals surface area contributed by atoms with Gasteiger partial charge in [0.2, 0.25) is 0 Å². The van der Waals surface area contributed by atoms with Gasteiger partial charge in [0.1, 0.15) is 5.75 Å². The first-order valence-corrected chi connectivity index (χ1v) is 10.3. The van der Waals surface area contributed by atoms with E-state index in [-0.39, 0.29) is 24.7 Å². The number of rotatable bonds is 8. The monoisotopic (exact) mass is 483 g/mol. The smallest absolute Gasteiger partial charge is 0.418 e. The van der Waals surface area contributed by atoms with Gasteiger partial charge in [-0.1, -0.05) is 23.7 Å². The number of halogens is 4. The maximum Gasteiger partial charge on any atom is 0.418 e. The molecule has 0 aliphatic carbocycles. The molecule has 0 unspecified atom stereocenters. The Balaban J connectivity index is 1.93. The summed E-state index contributed by atoms with van der Waals surface area (Å²) in [4.78, 5) is 14.3. The van der Waals surface area contributed by atoms with Crippen molar-refractivity contribution in [2.75, 3.05) is 19.8 Å². The molecule has 0 radical (unpaired) electrons. The van der Waals surface area contributed by atoms with Crippen LogP contribution in [0.1, 0.15) is 28.5 Å². The van der Waals surface area contributed by atoms with E-state index in [0.717, 1.165) is 23.0 Å².